The van der Waals surface area contributed by atoms with Crippen LogP contribution in [0.3, 0.4) is 0 Å². The fourth-order valence-electron chi connectivity index (χ4n) is 3.21. The van der Waals surface area contributed by atoms with Crippen molar-refractivity contribution in [1.82, 2.24) is 10.3 Å². The van der Waals surface area contributed by atoms with Gasteiger partial charge in [0, 0.05) is 35.8 Å². The number of hydrogen-bond donors (Lipinski definition) is 3. The highest BCUT2D eigenvalue weighted by atomic mass is 16.6. The number of H-pyrrole nitrogens is 1. The SMILES string of the molecule is O=C(NCC(O)C1CCCC1)c1c[nH]c2ccc([N+](=O)[O-])cc12. The summed E-state index contributed by atoms with van der Waals surface area (Å²) in [5.74, 6) is -0.0897. The topological polar surface area (TPSA) is 108 Å². The molecular weight excluding hydrogens is 298 g/mol. The van der Waals surface area contributed by atoms with E-state index in [0.29, 0.717) is 16.5 Å². The Morgan fingerprint density at radius 3 is 2.87 bits per heavy atom. The van der Waals surface area contributed by atoms with E-state index in [1.54, 1.807) is 6.07 Å². The lowest BCUT2D eigenvalue weighted by atomic mass is 10.0. The molecule has 1 fully saturated rings. The fourth-order valence-corrected chi connectivity index (χ4v) is 3.21. The van der Waals surface area contributed by atoms with Crippen LogP contribution in [-0.2, 0) is 0 Å². The minimum absolute atomic E-state index is 0.0582. The molecule has 0 radical (unpaired) electrons. The van der Waals surface area contributed by atoms with Gasteiger partial charge in [-0.05, 0) is 24.8 Å². The molecule has 1 atom stereocenters. The lowest BCUT2D eigenvalue weighted by Gasteiger charge is -2.17. The summed E-state index contributed by atoms with van der Waals surface area (Å²) in [5, 5.41) is 24.2. The summed E-state index contributed by atoms with van der Waals surface area (Å²) in [4.78, 5) is 25.6. The van der Waals surface area contributed by atoms with Crippen LogP contribution in [0.15, 0.2) is 24.4 Å². The number of fused-ring (bicyclic) bond motifs is 1. The molecule has 1 aliphatic carbocycles. The summed E-state index contributed by atoms with van der Waals surface area (Å²) in [6.45, 7) is 0.200. The molecule has 1 aromatic carbocycles. The Bertz CT molecular complexity index is 734. The average molecular weight is 317 g/mol. The van der Waals surface area contributed by atoms with Crippen LogP contribution in [-0.4, -0.2) is 33.6 Å². The zero-order valence-electron chi connectivity index (χ0n) is 12.6. The molecule has 1 aliphatic rings. The van der Waals surface area contributed by atoms with Crippen LogP contribution in [0.4, 0.5) is 5.69 Å². The van der Waals surface area contributed by atoms with Crippen LogP contribution in [0.25, 0.3) is 10.9 Å². The second-order valence-electron chi connectivity index (χ2n) is 6.01. The number of aliphatic hydroxyl groups excluding tert-OH is 1. The third kappa shape index (κ3) is 3.19. The number of nitro benzene ring substituents is 1. The normalized spacial score (nSPS) is 16.6. The smallest absolute Gasteiger partial charge is 0.270 e. The molecule has 1 amide bonds. The molecule has 2 aromatic rings. The molecule has 0 bridgehead atoms. The van der Waals surface area contributed by atoms with Crippen LogP contribution >= 0.6 is 0 Å². The van der Waals surface area contributed by atoms with Gasteiger partial charge in [0.25, 0.3) is 11.6 Å². The summed E-state index contributed by atoms with van der Waals surface area (Å²) >= 11 is 0. The number of benzene rings is 1. The Labute approximate surface area is 132 Å². The highest BCUT2D eigenvalue weighted by Crippen LogP contribution is 2.27. The van der Waals surface area contributed by atoms with Gasteiger partial charge in [0.05, 0.1) is 16.6 Å². The number of aliphatic hydroxyl groups is 1. The number of carbonyl (C=O) groups excluding carboxylic acids is 1. The van der Waals surface area contributed by atoms with E-state index in [0.717, 1.165) is 25.7 Å². The maximum atomic E-state index is 12.3. The quantitative estimate of drug-likeness (QED) is 0.581. The van der Waals surface area contributed by atoms with E-state index in [-0.39, 0.29) is 24.1 Å². The van der Waals surface area contributed by atoms with Crippen LogP contribution in [0, 0.1) is 16.0 Å². The number of aromatic amines is 1. The summed E-state index contributed by atoms with van der Waals surface area (Å²) < 4.78 is 0. The molecule has 3 rings (SSSR count). The van der Waals surface area contributed by atoms with E-state index >= 15 is 0 Å². The molecule has 0 saturated heterocycles. The molecule has 0 aliphatic heterocycles. The van der Waals surface area contributed by atoms with Gasteiger partial charge in [-0.15, -0.1) is 0 Å². The zero-order chi connectivity index (χ0) is 16.4. The van der Waals surface area contributed by atoms with Crippen molar-refractivity contribution in [2.24, 2.45) is 5.92 Å². The van der Waals surface area contributed by atoms with Gasteiger partial charge in [-0.1, -0.05) is 12.8 Å². The van der Waals surface area contributed by atoms with Gasteiger partial charge in [0.2, 0.25) is 0 Å². The number of nitro groups is 1. The second-order valence-corrected chi connectivity index (χ2v) is 6.01. The largest absolute Gasteiger partial charge is 0.391 e. The van der Waals surface area contributed by atoms with Crippen molar-refractivity contribution in [1.29, 1.82) is 0 Å². The number of amides is 1. The second kappa shape index (κ2) is 6.37. The van der Waals surface area contributed by atoms with Crippen LogP contribution < -0.4 is 5.32 Å². The van der Waals surface area contributed by atoms with Crippen molar-refractivity contribution in [3.63, 3.8) is 0 Å². The number of rotatable bonds is 5. The lowest BCUT2D eigenvalue weighted by Crippen LogP contribution is -2.35. The van der Waals surface area contributed by atoms with Crippen molar-refractivity contribution in [3.05, 3.63) is 40.1 Å². The van der Waals surface area contributed by atoms with Crippen molar-refractivity contribution in [2.75, 3.05) is 6.54 Å². The average Bonchev–Trinajstić information content (AvgIpc) is 3.20. The number of aromatic nitrogens is 1. The Balaban J connectivity index is 1.72. The molecule has 1 unspecified atom stereocenters. The van der Waals surface area contributed by atoms with E-state index in [2.05, 4.69) is 10.3 Å². The van der Waals surface area contributed by atoms with Crippen LogP contribution in [0.1, 0.15) is 36.0 Å². The highest BCUT2D eigenvalue weighted by molar-refractivity contribution is 6.07. The van der Waals surface area contributed by atoms with Gasteiger partial charge in [0.15, 0.2) is 0 Å². The molecule has 1 heterocycles. The molecule has 7 nitrogen and oxygen atoms in total. The predicted molar refractivity (Wildman–Crippen MR) is 85.3 cm³/mol. The van der Waals surface area contributed by atoms with E-state index in [1.165, 1.54) is 18.3 Å². The minimum atomic E-state index is -0.541. The number of non-ortho nitro benzene ring substituents is 1. The zero-order valence-corrected chi connectivity index (χ0v) is 12.6. The first-order chi connectivity index (χ1) is 11.1. The molecule has 1 saturated carbocycles. The Morgan fingerprint density at radius 2 is 2.17 bits per heavy atom. The Morgan fingerprint density at radius 1 is 1.43 bits per heavy atom. The summed E-state index contributed by atoms with van der Waals surface area (Å²) in [6.07, 6.45) is 5.24. The number of nitrogens with one attached hydrogen (secondary N) is 2. The number of carbonyl (C=O) groups is 1. The fraction of sp³-hybridized carbons (Fsp3) is 0.438. The summed E-state index contributed by atoms with van der Waals surface area (Å²) in [5.41, 5.74) is 0.955. The van der Waals surface area contributed by atoms with Gasteiger partial charge in [-0.3, -0.25) is 14.9 Å². The van der Waals surface area contributed by atoms with Crippen LogP contribution in [0.2, 0.25) is 0 Å². The third-order valence-corrected chi connectivity index (χ3v) is 4.54. The van der Waals surface area contributed by atoms with Gasteiger partial charge >= 0.3 is 0 Å². The number of nitrogens with zero attached hydrogens (tertiary/aromatic N) is 1. The molecule has 122 valence electrons. The van der Waals surface area contributed by atoms with Crippen LogP contribution in [0.5, 0.6) is 0 Å². The molecule has 1 aromatic heterocycles. The number of hydrogen-bond acceptors (Lipinski definition) is 4. The first-order valence-corrected chi connectivity index (χ1v) is 7.78. The van der Waals surface area contributed by atoms with E-state index in [9.17, 15) is 20.0 Å². The third-order valence-electron chi connectivity index (χ3n) is 4.54. The van der Waals surface area contributed by atoms with Gasteiger partial charge < -0.3 is 15.4 Å². The van der Waals surface area contributed by atoms with Gasteiger partial charge in [-0.25, -0.2) is 0 Å². The van der Waals surface area contributed by atoms with E-state index in [4.69, 9.17) is 0 Å². The summed E-state index contributed by atoms with van der Waals surface area (Å²) in [7, 11) is 0. The first-order valence-electron chi connectivity index (χ1n) is 7.78. The van der Waals surface area contributed by atoms with Crippen molar-refractivity contribution in [2.45, 2.75) is 31.8 Å². The Hall–Kier alpha value is -2.41. The molecule has 0 spiro atoms. The van der Waals surface area contributed by atoms with Crippen molar-refractivity contribution in [3.8, 4) is 0 Å². The molecule has 23 heavy (non-hydrogen) atoms. The van der Waals surface area contributed by atoms with Gasteiger partial charge in [0.1, 0.15) is 0 Å². The monoisotopic (exact) mass is 317 g/mol. The maximum Gasteiger partial charge on any atom is 0.270 e. The standard InChI is InChI=1S/C16H19N3O4/c20-15(10-3-1-2-4-10)9-18-16(21)13-8-17-14-6-5-11(19(22)23)7-12(13)14/h5-8,10,15,17,20H,1-4,9H2,(H,18,21). The molecule has 7 heteroatoms. The first kappa shape index (κ1) is 15.5. The predicted octanol–water partition coefficient (Wildman–Crippen LogP) is 2.36. The Kier molecular flexibility index (Phi) is 4.29. The molecular formula is C16H19N3O4. The van der Waals surface area contributed by atoms with E-state index in [1.807, 2.05) is 0 Å². The van der Waals surface area contributed by atoms with Crippen molar-refractivity contribution < 1.29 is 14.8 Å². The van der Waals surface area contributed by atoms with Crippen molar-refractivity contribution >= 4 is 22.5 Å². The minimum Gasteiger partial charge on any atom is -0.391 e. The highest BCUT2D eigenvalue weighted by Gasteiger charge is 2.24. The summed E-state index contributed by atoms with van der Waals surface area (Å²) in [6, 6.07) is 4.36. The van der Waals surface area contributed by atoms with Gasteiger partial charge in [-0.2, -0.15) is 0 Å². The lowest BCUT2D eigenvalue weighted by molar-refractivity contribution is -0.384. The van der Waals surface area contributed by atoms with E-state index < -0.39 is 11.0 Å². The molecule has 3 N–H and O–H groups in total. The maximum absolute atomic E-state index is 12.3.